The first-order valence-electron chi connectivity index (χ1n) is 8.35. The number of aryl methyl sites for hydroxylation is 3. The van der Waals surface area contributed by atoms with Crippen LogP contribution >= 0.6 is 0 Å². The molecule has 5 heteroatoms. The highest BCUT2D eigenvalue weighted by molar-refractivity contribution is 5.88. The number of aromatic nitrogens is 1. The maximum atomic E-state index is 5.52. The van der Waals surface area contributed by atoms with E-state index in [1.165, 1.54) is 5.56 Å². The SMILES string of the molecule is Cc1cc2cc3c(cc2c(CCc2ccc4c(c2)OCO4)n1)OCO3. The molecule has 0 saturated heterocycles. The third-order valence-corrected chi connectivity index (χ3v) is 4.62. The fourth-order valence-electron chi connectivity index (χ4n) is 3.41. The Labute approximate surface area is 145 Å². The van der Waals surface area contributed by atoms with Crippen molar-refractivity contribution in [3.05, 3.63) is 53.3 Å². The summed E-state index contributed by atoms with van der Waals surface area (Å²) in [5, 5.41) is 2.26. The van der Waals surface area contributed by atoms with Gasteiger partial charge < -0.3 is 18.9 Å². The highest BCUT2D eigenvalue weighted by atomic mass is 16.7. The molecule has 0 bridgehead atoms. The van der Waals surface area contributed by atoms with Crippen LogP contribution in [0.15, 0.2) is 36.4 Å². The van der Waals surface area contributed by atoms with E-state index in [0.717, 1.165) is 58.0 Å². The van der Waals surface area contributed by atoms with E-state index < -0.39 is 0 Å². The Morgan fingerprint density at radius 1 is 0.800 bits per heavy atom. The maximum Gasteiger partial charge on any atom is 0.231 e. The molecule has 0 aliphatic carbocycles. The number of ether oxygens (including phenoxy) is 4. The van der Waals surface area contributed by atoms with E-state index in [1.54, 1.807) is 0 Å². The van der Waals surface area contributed by atoms with Crippen molar-refractivity contribution in [2.75, 3.05) is 13.6 Å². The molecule has 2 aliphatic rings. The molecule has 5 nitrogen and oxygen atoms in total. The van der Waals surface area contributed by atoms with Gasteiger partial charge in [-0.05, 0) is 61.0 Å². The Balaban J connectivity index is 1.48. The second-order valence-corrected chi connectivity index (χ2v) is 6.32. The number of rotatable bonds is 3. The lowest BCUT2D eigenvalue weighted by Gasteiger charge is -2.09. The monoisotopic (exact) mass is 335 g/mol. The molecule has 0 amide bonds. The summed E-state index contributed by atoms with van der Waals surface area (Å²) < 4.78 is 21.8. The first-order valence-corrected chi connectivity index (χ1v) is 8.35. The van der Waals surface area contributed by atoms with E-state index in [4.69, 9.17) is 23.9 Å². The third-order valence-electron chi connectivity index (χ3n) is 4.62. The zero-order valence-corrected chi connectivity index (χ0v) is 13.9. The van der Waals surface area contributed by atoms with Crippen molar-refractivity contribution >= 4 is 10.8 Å². The van der Waals surface area contributed by atoms with Gasteiger partial charge in [-0.2, -0.15) is 0 Å². The van der Waals surface area contributed by atoms with Crippen molar-refractivity contribution in [2.45, 2.75) is 19.8 Å². The van der Waals surface area contributed by atoms with E-state index in [2.05, 4.69) is 18.2 Å². The molecule has 3 aromatic rings. The summed E-state index contributed by atoms with van der Waals surface area (Å²) in [7, 11) is 0. The molecule has 2 aromatic carbocycles. The van der Waals surface area contributed by atoms with Crippen LogP contribution in [-0.4, -0.2) is 18.6 Å². The first-order chi connectivity index (χ1) is 12.3. The normalized spacial score (nSPS) is 14.3. The molecule has 1 aromatic heterocycles. The van der Waals surface area contributed by atoms with E-state index in [1.807, 2.05) is 25.1 Å². The maximum absolute atomic E-state index is 5.52. The van der Waals surface area contributed by atoms with Gasteiger partial charge in [-0.1, -0.05) is 6.07 Å². The van der Waals surface area contributed by atoms with Gasteiger partial charge in [0.15, 0.2) is 23.0 Å². The minimum Gasteiger partial charge on any atom is -0.454 e. The smallest absolute Gasteiger partial charge is 0.231 e. The first kappa shape index (κ1) is 14.4. The van der Waals surface area contributed by atoms with Gasteiger partial charge in [0.25, 0.3) is 0 Å². The molecule has 0 N–H and O–H groups in total. The molecule has 2 aliphatic heterocycles. The van der Waals surface area contributed by atoms with E-state index in [-0.39, 0.29) is 6.79 Å². The second-order valence-electron chi connectivity index (χ2n) is 6.32. The van der Waals surface area contributed by atoms with Crippen LogP contribution in [0.25, 0.3) is 10.8 Å². The molecule has 0 atom stereocenters. The van der Waals surface area contributed by atoms with Crippen molar-refractivity contribution in [1.29, 1.82) is 0 Å². The molecule has 5 rings (SSSR count). The number of benzene rings is 2. The predicted octanol–water partition coefficient (Wildman–Crippen LogP) is 3.79. The lowest BCUT2D eigenvalue weighted by atomic mass is 10.0. The van der Waals surface area contributed by atoms with Gasteiger partial charge in [0, 0.05) is 16.8 Å². The van der Waals surface area contributed by atoms with Crippen LogP contribution in [0.2, 0.25) is 0 Å². The molecule has 126 valence electrons. The average Bonchev–Trinajstić information content (AvgIpc) is 3.25. The second kappa shape index (κ2) is 5.55. The summed E-state index contributed by atoms with van der Waals surface area (Å²) in [6.45, 7) is 2.61. The molecule has 3 heterocycles. The predicted molar refractivity (Wildman–Crippen MR) is 92.6 cm³/mol. The minimum absolute atomic E-state index is 0.282. The molecular formula is C20H17NO4. The number of nitrogens with zero attached hydrogens (tertiary/aromatic N) is 1. The largest absolute Gasteiger partial charge is 0.454 e. The van der Waals surface area contributed by atoms with Crippen molar-refractivity contribution in [2.24, 2.45) is 0 Å². The van der Waals surface area contributed by atoms with Crippen LogP contribution in [0.1, 0.15) is 17.0 Å². The topological polar surface area (TPSA) is 49.8 Å². The zero-order valence-electron chi connectivity index (χ0n) is 13.9. The number of pyridine rings is 1. The summed E-state index contributed by atoms with van der Waals surface area (Å²) in [4.78, 5) is 4.76. The Bertz CT molecular complexity index is 983. The average molecular weight is 335 g/mol. The fraction of sp³-hybridized carbons (Fsp3) is 0.250. The van der Waals surface area contributed by atoms with Crippen LogP contribution in [0.3, 0.4) is 0 Å². The Morgan fingerprint density at radius 3 is 2.36 bits per heavy atom. The van der Waals surface area contributed by atoms with Gasteiger partial charge in [-0.3, -0.25) is 4.98 Å². The quantitative estimate of drug-likeness (QED) is 0.729. The Kier molecular flexibility index (Phi) is 3.20. The zero-order chi connectivity index (χ0) is 16.8. The molecule has 0 unspecified atom stereocenters. The van der Waals surface area contributed by atoms with Crippen LogP contribution in [0.4, 0.5) is 0 Å². The van der Waals surface area contributed by atoms with Gasteiger partial charge >= 0.3 is 0 Å². The van der Waals surface area contributed by atoms with E-state index in [9.17, 15) is 0 Å². The lowest BCUT2D eigenvalue weighted by Crippen LogP contribution is -1.98. The van der Waals surface area contributed by atoms with Gasteiger partial charge in [-0.25, -0.2) is 0 Å². The molecule has 0 spiro atoms. The summed E-state index contributed by atoms with van der Waals surface area (Å²) >= 11 is 0. The van der Waals surface area contributed by atoms with Crippen LogP contribution in [0, 0.1) is 6.92 Å². The van der Waals surface area contributed by atoms with Crippen LogP contribution < -0.4 is 18.9 Å². The third kappa shape index (κ3) is 2.52. The Hall–Kier alpha value is -2.95. The minimum atomic E-state index is 0.282. The molecule has 0 radical (unpaired) electrons. The van der Waals surface area contributed by atoms with E-state index in [0.29, 0.717) is 6.79 Å². The molecule has 25 heavy (non-hydrogen) atoms. The summed E-state index contributed by atoms with van der Waals surface area (Å²) in [6.07, 6.45) is 1.73. The fourth-order valence-corrected chi connectivity index (χ4v) is 3.41. The van der Waals surface area contributed by atoms with Crippen molar-refractivity contribution < 1.29 is 18.9 Å². The standard InChI is InChI=1S/C20H17NO4/c1-12-6-14-8-19-20(25-11-24-19)9-15(14)16(21-12)4-2-13-3-5-17-18(7-13)23-10-22-17/h3,5-9H,2,4,10-11H2,1H3. The van der Waals surface area contributed by atoms with E-state index >= 15 is 0 Å². The summed E-state index contributed by atoms with van der Waals surface area (Å²) in [5.41, 5.74) is 3.29. The van der Waals surface area contributed by atoms with Crippen LogP contribution in [0.5, 0.6) is 23.0 Å². The molecular weight excluding hydrogens is 318 g/mol. The van der Waals surface area contributed by atoms with Gasteiger partial charge in [0.05, 0.1) is 0 Å². The van der Waals surface area contributed by atoms with Crippen LogP contribution in [-0.2, 0) is 12.8 Å². The summed E-state index contributed by atoms with van der Waals surface area (Å²) in [6, 6.07) is 12.3. The van der Waals surface area contributed by atoms with Gasteiger partial charge in [-0.15, -0.1) is 0 Å². The lowest BCUT2D eigenvalue weighted by molar-refractivity contribution is 0.173. The van der Waals surface area contributed by atoms with Crippen molar-refractivity contribution in [3.63, 3.8) is 0 Å². The summed E-state index contributed by atoms with van der Waals surface area (Å²) in [5.74, 6) is 3.24. The van der Waals surface area contributed by atoms with Crippen molar-refractivity contribution in [3.8, 4) is 23.0 Å². The number of fused-ring (bicyclic) bond motifs is 3. The molecule has 0 fully saturated rings. The van der Waals surface area contributed by atoms with Crippen molar-refractivity contribution in [1.82, 2.24) is 4.98 Å². The molecule has 0 saturated carbocycles. The number of hydrogen-bond donors (Lipinski definition) is 0. The highest BCUT2D eigenvalue weighted by Crippen LogP contribution is 2.37. The Morgan fingerprint density at radius 2 is 1.52 bits per heavy atom. The van der Waals surface area contributed by atoms with Gasteiger partial charge in [0.1, 0.15) is 0 Å². The van der Waals surface area contributed by atoms with Gasteiger partial charge in [0.2, 0.25) is 13.6 Å². The highest BCUT2D eigenvalue weighted by Gasteiger charge is 2.17. The number of hydrogen-bond acceptors (Lipinski definition) is 5.